The van der Waals surface area contributed by atoms with Crippen molar-refractivity contribution < 1.29 is 9.21 Å². The maximum absolute atomic E-state index is 11.8. The topological polar surface area (TPSA) is 68.3 Å². The number of nitrogens with one attached hydrogen (secondary N) is 1. The van der Waals surface area contributed by atoms with Crippen molar-refractivity contribution in [1.29, 1.82) is 0 Å². The van der Waals surface area contributed by atoms with Crippen molar-refractivity contribution in [1.82, 2.24) is 5.32 Å². The number of rotatable bonds is 6. The van der Waals surface area contributed by atoms with Gasteiger partial charge in [-0.2, -0.15) is 0 Å². The molecule has 0 aliphatic heterocycles. The van der Waals surface area contributed by atoms with Crippen LogP contribution in [0.2, 0.25) is 0 Å². The van der Waals surface area contributed by atoms with Gasteiger partial charge in [-0.3, -0.25) is 4.79 Å². The lowest BCUT2D eigenvalue weighted by Gasteiger charge is -2.15. The van der Waals surface area contributed by atoms with Crippen molar-refractivity contribution in [2.45, 2.75) is 32.2 Å². The van der Waals surface area contributed by atoms with Crippen LogP contribution in [-0.4, -0.2) is 18.5 Å². The summed E-state index contributed by atoms with van der Waals surface area (Å²) < 4.78 is 5.74. The summed E-state index contributed by atoms with van der Waals surface area (Å²) in [5.41, 5.74) is 5.60. The van der Waals surface area contributed by atoms with Gasteiger partial charge in [0.15, 0.2) is 0 Å². The van der Waals surface area contributed by atoms with Crippen LogP contribution in [0.15, 0.2) is 21.2 Å². The lowest BCUT2D eigenvalue weighted by atomic mass is 10.1. The summed E-state index contributed by atoms with van der Waals surface area (Å²) in [5.74, 6) is 0.0818. The molecule has 1 atom stereocenters. The smallest absolute Gasteiger partial charge is 0.288 e. The molecule has 0 saturated carbocycles. The van der Waals surface area contributed by atoms with Crippen molar-refractivity contribution in [3.05, 3.63) is 22.6 Å². The van der Waals surface area contributed by atoms with Crippen molar-refractivity contribution in [2.24, 2.45) is 5.73 Å². The SMILES string of the molecule is CCCCC(CN)NC(=O)c1occc1Br.Cl. The van der Waals surface area contributed by atoms with E-state index >= 15 is 0 Å². The summed E-state index contributed by atoms with van der Waals surface area (Å²) in [6.07, 6.45) is 4.53. The molecule has 0 fully saturated rings. The third kappa shape index (κ3) is 5.10. The van der Waals surface area contributed by atoms with Gasteiger partial charge in [-0.25, -0.2) is 0 Å². The molecule has 4 nitrogen and oxygen atoms in total. The van der Waals surface area contributed by atoms with Crippen LogP contribution >= 0.6 is 28.3 Å². The molecule has 0 aliphatic rings. The van der Waals surface area contributed by atoms with Crippen molar-refractivity contribution in [2.75, 3.05) is 6.54 Å². The summed E-state index contributed by atoms with van der Waals surface area (Å²) in [5, 5.41) is 2.86. The zero-order valence-electron chi connectivity index (χ0n) is 9.74. The number of hydrogen-bond donors (Lipinski definition) is 2. The molecule has 1 rings (SSSR count). The minimum Gasteiger partial charge on any atom is -0.458 e. The van der Waals surface area contributed by atoms with Crippen LogP contribution < -0.4 is 11.1 Å². The molecule has 3 N–H and O–H groups in total. The van der Waals surface area contributed by atoms with E-state index < -0.39 is 0 Å². The molecule has 1 heterocycles. The Kier molecular flexibility index (Phi) is 8.29. The monoisotopic (exact) mass is 324 g/mol. The van der Waals surface area contributed by atoms with E-state index in [-0.39, 0.29) is 24.4 Å². The highest BCUT2D eigenvalue weighted by molar-refractivity contribution is 9.10. The van der Waals surface area contributed by atoms with Gasteiger partial charge in [-0.15, -0.1) is 12.4 Å². The fourth-order valence-electron chi connectivity index (χ4n) is 1.41. The number of unbranched alkanes of at least 4 members (excludes halogenated alkanes) is 1. The average Bonchev–Trinajstić information content (AvgIpc) is 2.70. The number of amides is 1. The minimum absolute atomic E-state index is 0. The van der Waals surface area contributed by atoms with Gasteiger partial charge in [0, 0.05) is 12.6 Å². The summed E-state index contributed by atoms with van der Waals surface area (Å²) in [6.45, 7) is 2.56. The molecular formula is C11H18BrClN2O2. The Morgan fingerprint density at radius 3 is 2.82 bits per heavy atom. The van der Waals surface area contributed by atoms with Gasteiger partial charge in [0.1, 0.15) is 0 Å². The predicted molar refractivity (Wildman–Crippen MR) is 73.5 cm³/mol. The van der Waals surface area contributed by atoms with Crippen molar-refractivity contribution >= 4 is 34.2 Å². The Bertz CT molecular complexity index is 344. The second-order valence-electron chi connectivity index (χ2n) is 3.65. The Balaban J connectivity index is 0.00000256. The van der Waals surface area contributed by atoms with Crippen LogP contribution in [-0.2, 0) is 0 Å². The second-order valence-corrected chi connectivity index (χ2v) is 4.50. The van der Waals surface area contributed by atoms with Crippen LogP contribution in [0.1, 0.15) is 36.7 Å². The van der Waals surface area contributed by atoms with Gasteiger partial charge in [0.25, 0.3) is 5.91 Å². The zero-order chi connectivity index (χ0) is 12.0. The number of furan rings is 1. The van der Waals surface area contributed by atoms with Gasteiger partial charge in [-0.05, 0) is 28.4 Å². The third-order valence-corrected chi connectivity index (χ3v) is 2.97. The molecule has 0 radical (unpaired) electrons. The maximum atomic E-state index is 11.8. The zero-order valence-corrected chi connectivity index (χ0v) is 12.1. The Labute approximate surface area is 116 Å². The molecule has 1 aromatic rings. The summed E-state index contributed by atoms with van der Waals surface area (Å²) in [6, 6.07) is 1.71. The number of halogens is 2. The van der Waals surface area contributed by atoms with Crippen molar-refractivity contribution in [3.63, 3.8) is 0 Å². The van der Waals surface area contributed by atoms with Gasteiger partial charge < -0.3 is 15.5 Å². The summed E-state index contributed by atoms with van der Waals surface area (Å²) >= 11 is 3.25. The molecule has 0 bridgehead atoms. The standard InChI is InChI=1S/C11H17BrN2O2.ClH/c1-2-3-4-8(7-13)14-11(15)10-9(12)5-6-16-10;/h5-6,8H,2-4,7,13H2,1H3,(H,14,15);1H. The molecule has 0 saturated heterocycles. The maximum Gasteiger partial charge on any atom is 0.288 e. The number of carbonyl (C=O) groups is 1. The van der Waals surface area contributed by atoms with Crippen LogP contribution in [0.3, 0.4) is 0 Å². The minimum atomic E-state index is -0.219. The van der Waals surface area contributed by atoms with Crippen LogP contribution in [0.4, 0.5) is 0 Å². The first-order valence-corrected chi connectivity index (χ1v) is 6.22. The Morgan fingerprint density at radius 2 is 2.35 bits per heavy atom. The van der Waals surface area contributed by atoms with Gasteiger partial charge in [-0.1, -0.05) is 19.8 Å². The highest BCUT2D eigenvalue weighted by Gasteiger charge is 2.17. The molecule has 6 heteroatoms. The van der Waals surface area contributed by atoms with E-state index in [1.165, 1.54) is 6.26 Å². The van der Waals surface area contributed by atoms with Crippen LogP contribution in [0.5, 0.6) is 0 Å². The normalized spacial score (nSPS) is 11.7. The molecule has 17 heavy (non-hydrogen) atoms. The van der Waals surface area contributed by atoms with Gasteiger partial charge >= 0.3 is 0 Å². The summed E-state index contributed by atoms with van der Waals surface area (Å²) in [4.78, 5) is 11.8. The number of carbonyl (C=O) groups excluding carboxylic acids is 1. The fourth-order valence-corrected chi connectivity index (χ4v) is 1.79. The van der Waals surface area contributed by atoms with E-state index in [9.17, 15) is 4.79 Å². The lowest BCUT2D eigenvalue weighted by Crippen LogP contribution is -2.40. The van der Waals surface area contributed by atoms with Crippen LogP contribution in [0.25, 0.3) is 0 Å². The molecule has 1 aromatic heterocycles. The molecule has 1 unspecified atom stereocenters. The molecule has 0 spiro atoms. The van der Waals surface area contributed by atoms with E-state index in [2.05, 4.69) is 28.2 Å². The van der Waals surface area contributed by atoms with E-state index in [0.717, 1.165) is 19.3 Å². The molecule has 0 aliphatic carbocycles. The number of nitrogens with two attached hydrogens (primary N) is 1. The van der Waals surface area contributed by atoms with E-state index in [1.807, 2.05) is 0 Å². The third-order valence-electron chi connectivity index (χ3n) is 2.35. The second kappa shape index (κ2) is 8.55. The average molecular weight is 326 g/mol. The first-order valence-electron chi connectivity index (χ1n) is 5.43. The molecule has 0 aromatic carbocycles. The highest BCUT2D eigenvalue weighted by atomic mass is 79.9. The largest absolute Gasteiger partial charge is 0.458 e. The predicted octanol–water partition coefficient (Wildman–Crippen LogP) is 2.71. The van der Waals surface area contributed by atoms with E-state index in [4.69, 9.17) is 10.2 Å². The van der Waals surface area contributed by atoms with Crippen LogP contribution in [0, 0.1) is 0 Å². The fraction of sp³-hybridized carbons (Fsp3) is 0.545. The van der Waals surface area contributed by atoms with Gasteiger partial charge in [0.2, 0.25) is 5.76 Å². The summed E-state index contributed by atoms with van der Waals surface area (Å²) in [7, 11) is 0. The van der Waals surface area contributed by atoms with Gasteiger partial charge in [0.05, 0.1) is 10.7 Å². The molecule has 98 valence electrons. The van der Waals surface area contributed by atoms with E-state index in [0.29, 0.717) is 16.8 Å². The first kappa shape index (κ1) is 16.5. The highest BCUT2D eigenvalue weighted by Crippen LogP contribution is 2.17. The Morgan fingerprint density at radius 1 is 1.65 bits per heavy atom. The van der Waals surface area contributed by atoms with E-state index in [1.54, 1.807) is 6.07 Å². The number of hydrogen-bond acceptors (Lipinski definition) is 3. The Hall–Kier alpha value is -0.520. The first-order chi connectivity index (χ1) is 7.69. The molecular weight excluding hydrogens is 307 g/mol. The van der Waals surface area contributed by atoms with Crippen molar-refractivity contribution in [3.8, 4) is 0 Å². The lowest BCUT2D eigenvalue weighted by molar-refractivity contribution is 0.0906. The molecule has 1 amide bonds. The quantitative estimate of drug-likeness (QED) is 0.845.